The van der Waals surface area contributed by atoms with Gasteiger partial charge in [-0.15, -0.1) is 0 Å². The van der Waals surface area contributed by atoms with Gasteiger partial charge < -0.3 is 24.2 Å². The van der Waals surface area contributed by atoms with E-state index in [-0.39, 0.29) is 24.3 Å². The first-order valence-corrected chi connectivity index (χ1v) is 9.21. The number of hydrogen-bond acceptors (Lipinski definition) is 5. The molecule has 7 heteroatoms. The smallest absolute Gasteiger partial charge is 0.228 e. The summed E-state index contributed by atoms with van der Waals surface area (Å²) in [4.78, 5) is 31.4. The zero-order valence-electron chi connectivity index (χ0n) is 17.0. The number of benzene rings is 1. The summed E-state index contributed by atoms with van der Waals surface area (Å²) >= 11 is 0. The van der Waals surface area contributed by atoms with Crippen molar-refractivity contribution in [1.82, 2.24) is 14.7 Å². The van der Waals surface area contributed by atoms with Crippen LogP contribution in [-0.2, 0) is 14.3 Å². The Morgan fingerprint density at radius 1 is 1.19 bits per heavy atom. The number of nitrogens with zero attached hydrogens (tertiary/aromatic N) is 3. The number of carbonyl (C=O) groups excluding carboxylic acids is 2. The van der Waals surface area contributed by atoms with Crippen LogP contribution in [-0.4, -0.2) is 88.1 Å². The number of methoxy groups -OCH3 is 2. The fraction of sp³-hybridized carbons (Fsp3) is 0.600. The second kappa shape index (κ2) is 9.71. The van der Waals surface area contributed by atoms with Gasteiger partial charge in [-0.2, -0.15) is 0 Å². The highest BCUT2D eigenvalue weighted by molar-refractivity contribution is 5.90. The van der Waals surface area contributed by atoms with Crippen molar-refractivity contribution in [3.63, 3.8) is 0 Å². The van der Waals surface area contributed by atoms with Gasteiger partial charge in [-0.3, -0.25) is 9.59 Å². The van der Waals surface area contributed by atoms with E-state index in [2.05, 4.69) is 0 Å². The van der Waals surface area contributed by atoms with Gasteiger partial charge in [0.15, 0.2) is 0 Å². The summed E-state index contributed by atoms with van der Waals surface area (Å²) in [6.45, 7) is 2.26. The van der Waals surface area contributed by atoms with Crippen molar-refractivity contribution < 1.29 is 19.1 Å². The summed E-state index contributed by atoms with van der Waals surface area (Å²) in [7, 11) is 8.96. The quantitative estimate of drug-likeness (QED) is 0.648. The van der Waals surface area contributed by atoms with Gasteiger partial charge in [0.2, 0.25) is 11.8 Å². The molecule has 7 nitrogen and oxygen atoms in total. The van der Waals surface area contributed by atoms with Crippen LogP contribution in [0, 0.1) is 5.92 Å². The van der Waals surface area contributed by atoms with Crippen molar-refractivity contribution in [3.05, 3.63) is 29.8 Å². The minimum atomic E-state index is -0.433. The molecular weight excluding hydrogens is 346 g/mol. The van der Waals surface area contributed by atoms with Gasteiger partial charge in [0.05, 0.1) is 25.7 Å². The molecule has 27 heavy (non-hydrogen) atoms. The summed E-state index contributed by atoms with van der Waals surface area (Å²) in [5.41, 5.74) is 0.862. The molecule has 0 radical (unpaired) electrons. The largest absolute Gasteiger partial charge is 0.496 e. The van der Waals surface area contributed by atoms with E-state index >= 15 is 0 Å². The number of amides is 2. The SMILES string of the molecule is COCCN1C(=O)C[C@@H](C(=O)N(C)CCN(C)C)[C@@H]1c1ccccc1OC. The lowest BCUT2D eigenvalue weighted by Gasteiger charge is -2.31. The van der Waals surface area contributed by atoms with Crippen LogP contribution >= 0.6 is 0 Å². The molecule has 0 aromatic heterocycles. The van der Waals surface area contributed by atoms with Gasteiger partial charge in [-0.05, 0) is 20.2 Å². The zero-order valence-corrected chi connectivity index (χ0v) is 17.0. The zero-order chi connectivity index (χ0) is 20.0. The fourth-order valence-electron chi connectivity index (χ4n) is 3.50. The van der Waals surface area contributed by atoms with E-state index in [0.29, 0.717) is 25.4 Å². The van der Waals surface area contributed by atoms with Crippen LogP contribution in [0.25, 0.3) is 0 Å². The monoisotopic (exact) mass is 377 g/mol. The first-order valence-electron chi connectivity index (χ1n) is 9.21. The van der Waals surface area contributed by atoms with Crippen molar-refractivity contribution >= 4 is 11.8 Å². The van der Waals surface area contributed by atoms with E-state index < -0.39 is 5.92 Å². The Labute approximate surface area is 161 Å². The predicted molar refractivity (Wildman–Crippen MR) is 104 cm³/mol. The average Bonchev–Trinajstić information content (AvgIpc) is 2.99. The maximum atomic E-state index is 13.2. The number of likely N-dealkylation sites (tertiary alicyclic amines) is 1. The van der Waals surface area contributed by atoms with E-state index in [1.807, 2.05) is 43.3 Å². The van der Waals surface area contributed by atoms with Crippen molar-refractivity contribution in [2.24, 2.45) is 5.92 Å². The third-order valence-corrected chi connectivity index (χ3v) is 5.00. The summed E-state index contributed by atoms with van der Waals surface area (Å²) in [5, 5.41) is 0. The summed E-state index contributed by atoms with van der Waals surface area (Å²) in [6, 6.07) is 7.25. The Kier molecular flexibility index (Phi) is 7.62. The average molecular weight is 377 g/mol. The number of likely N-dealkylation sites (N-methyl/N-ethyl adjacent to an activating group) is 2. The van der Waals surface area contributed by atoms with Crippen molar-refractivity contribution in [2.45, 2.75) is 12.5 Å². The number of ether oxygens (including phenoxy) is 2. The topological polar surface area (TPSA) is 62.3 Å². The molecule has 1 aromatic carbocycles. The fourth-order valence-corrected chi connectivity index (χ4v) is 3.50. The van der Waals surface area contributed by atoms with Crippen LogP contribution in [0.1, 0.15) is 18.0 Å². The van der Waals surface area contributed by atoms with E-state index in [9.17, 15) is 9.59 Å². The highest BCUT2D eigenvalue weighted by atomic mass is 16.5. The highest BCUT2D eigenvalue weighted by Gasteiger charge is 2.46. The molecule has 150 valence electrons. The Morgan fingerprint density at radius 3 is 2.52 bits per heavy atom. The van der Waals surface area contributed by atoms with Crippen LogP contribution in [0.15, 0.2) is 24.3 Å². The minimum Gasteiger partial charge on any atom is -0.496 e. The lowest BCUT2D eigenvalue weighted by molar-refractivity contribution is -0.135. The van der Waals surface area contributed by atoms with Gasteiger partial charge in [-0.1, -0.05) is 18.2 Å². The Bertz CT molecular complexity index is 650. The first-order chi connectivity index (χ1) is 12.9. The normalized spacial score (nSPS) is 19.6. The lowest BCUT2D eigenvalue weighted by Crippen LogP contribution is -2.40. The lowest BCUT2D eigenvalue weighted by atomic mass is 9.91. The maximum Gasteiger partial charge on any atom is 0.228 e. The number of para-hydroxylation sites is 1. The highest BCUT2D eigenvalue weighted by Crippen LogP contribution is 2.42. The van der Waals surface area contributed by atoms with E-state index in [1.54, 1.807) is 31.1 Å². The molecule has 0 spiro atoms. The molecule has 0 bridgehead atoms. The molecular formula is C20H31N3O4. The summed E-state index contributed by atoms with van der Waals surface area (Å²) in [5.74, 6) is 0.217. The van der Waals surface area contributed by atoms with Crippen molar-refractivity contribution in [3.8, 4) is 5.75 Å². The number of carbonyl (C=O) groups is 2. The molecule has 1 aliphatic rings. The molecule has 0 unspecified atom stereocenters. The maximum absolute atomic E-state index is 13.2. The van der Waals surface area contributed by atoms with Crippen LogP contribution in [0.3, 0.4) is 0 Å². The standard InChI is InChI=1S/C20H31N3O4/c1-21(2)10-11-22(3)20(25)16-14-18(24)23(12-13-26-4)19(16)15-8-6-7-9-17(15)27-5/h6-9,16,19H,10-14H2,1-5H3/t16-,19+/m1/s1. The summed E-state index contributed by atoms with van der Waals surface area (Å²) in [6.07, 6.45) is 0.206. The van der Waals surface area contributed by atoms with Gasteiger partial charge >= 0.3 is 0 Å². The van der Waals surface area contributed by atoms with Crippen LogP contribution < -0.4 is 4.74 Å². The predicted octanol–water partition coefficient (Wildman–Crippen LogP) is 1.25. The Balaban J connectivity index is 2.33. The van der Waals surface area contributed by atoms with Crippen LogP contribution in [0.4, 0.5) is 0 Å². The number of hydrogen-bond donors (Lipinski definition) is 0. The Morgan fingerprint density at radius 2 is 1.89 bits per heavy atom. The molecule has 0 aliphatic carbocycles. The Hall–Kier alpha value is -2.12. The second-order valence-electron chi connectivity index (χ2n) is 7.14. The molecule has 2 rings (SSSR count). The second-order valence-corrected chi connectivity index (χ2v) is 7.14. The number of rotatable bonds is 9. The van der Waals surface area contributed by atoms with Gasteiger partial charge in [-0.25, -0.2) is 0 Å². The van der Waals surface area contributed by atoms with Gasteiger partial charge in [0, 0.05) is 45.8 Å². The van der Waals surface area contributed by atoms with E-state index in [4.69, 9.17) is 9.47 Å². The van der Waals surface area contributed by atoms with Crippen molar-refractivity contribution in [1.29, 1.82) is 0 Å². The van der Waals surface area contributed by atoms with E-state index in [1.165, 1.54) is 0 Å². The van der Waals surface area contributed by atoms with Gasteiger partial charge in [0.25, 0.3) is 0 Å². The molecule has 2 atom stereocenters. The minimum absolute atomic E-state index is 0.0129. The van der Waals surface area contributed by atoms with Gasteiger partial charge in [0.1, 0.15) is 5.75 Å². The summed E-state index contributed by atoms with van der Waals surface area (Å²) < 4.78 is 10.7. The van der Waals surface area contributed by atoms with Crippen molar-refractivity contribution in [2.75, 3.05) is 61.6 Å². The first kappa shape index (κ1) is 21.2. The molecule has 1 fully saturated rings. The molecule has 1 aromatic rings. The molecule has 0 N–H and O–H groups in total. The third-order valence-electron chi connectivity index (χ3n) is 5.00. The van der Waals surface area contributed by atoms with Crippen LogP contribution in [0.5, 0.6) is 5.75 Å². The molecule has 2 amide bonds. The van der Waals surface area contributed by atoms with E-state index in [0.717, 1.165) is 12.1 Å². The third kappa shape index (κ3) is 4.99. The molecule has 0 saturated carbocycles. The molecule has 1 saturated heterocycles. The molecule has 1 heterocycles. The van der Waals surface area contributed by atoms with Crippen LogP contribution in [0.2, 0.25) is 0 Å². The molecule has 1 aliphatic heterocycles.